The summed E-state index contributed by atoms with van der Waals surface area (Å²) in [6, 6.07) is 3.98. The van der Waals surface area contributed by atoms with Gasteiger partial charge in [0.25, 0.3) is 0 Å². The van der Waals surface area contributed by atoms with Crippen molar-refractivity contribution in [2.45, 2.75) is 25.8 Å². The van der Waals surface area contributed by atoms with E-state index in [0.717, 1.165) is 0 Å². The third kappa shape index (κ3) is 5.36. The Morgan fingerprint density at radius 1 is 1.35 bits per heavy atom. The van der Waals surface area contributed by atoms with Gasteiger partial charge in [-0.25, -0.2) is 0 Å². The van der Waals surface area contributed by atoms with Crippen molar-refractivity contribution in [1.82, 2.24) is 5.32 Å². The van der Waals surface area contributed by atoms with Crippen molar-refractivity contribution in [2.24, 2.45) is 0 Å². The molecule has 0 heterocycles. The van der Waals surface area contributed by atoms with Gasteiger partial charge < -0.3 is 10.4 Å². The Kier molecular flexibility index (Phi) is 6.78. The topological polar surface area (TPSA) is 78.4 Å². The number of aliphatic carboxylic acids is 1. The summed E-state index contributed by atoms with van der Waals surface area (Å²) in [7, 11) is 0. The van der Waals surface area contributed by atoms with Crippen molar-refractivity contribution in [2.75, 3.05) is 11.9 Å². The molecule has 0 saturated heterocycles. The second kappa shape index (κ2) is 8.09. The van der Waals surface area contributed by atoms with Gasteiger partial charge in [0.1, 0.15) is 6.04 Å². The van der Waals surface area contributed by atoms with E-state index in [1.54, 1.807) is 12.1 Å². The van der Waals surface area contributed by atoms with E-state index in [1.165, 1.54) is 6.07 Å². The second-order valence-electron chi connectivity index (χ2n) is 4.23. The van der Waals surface area contributed by atoms with Crippen LogP contribution >= 0.6 is 23.2 Å². The molecule has 1 rings (SSSR count). The van der Waals surface area contributed by atoms with E-state index in [-0.39, 0.29) is 12.5 Å². The van der Waals surface area contributed by atoms with E-state index in [9.17, 15) is 9.59 Å². The highest BCUT2D eigenvalue weighted by atomic mass is 35.5. The summed E-state index contributed by atoms with van der Waals surface area (Å²) in [5.41, 5.74) is 0.397. The molecule has 3 N–H and O–H groups in total. The summed E-state index contributed by atoms with van der Waals surface area (Å²) in [6.07, 6.45) is 1.17. The van der Waals surface area contributed by atoms with Crippen LogP contribution in [0, 0.1) is 0 Å². The Bertz CT molecular complexity index is 495. The smallest absolute Gasteiger partial charge is 0.320 e. The maximum atomic E-state index is 11.7. The SMILES string of the molecule is CCCC(NCC(=O)Nc1cc(Cl)ccc1Cl)C(=O)O. The van der Waals surface area contributed by atoms with Gasteiger partial charge in [0.2, 0.25) is 5.91 Å². The van der Waals surface area contributed by atoms with E-state index in [0.29, 0.717) is 28.6 Å². The van der Waals surface area contributed by atoms with Gasteiger partial charge in [0.15, 0.2) is 0 Å². The van der Waals surface area contributed by atoms with E-state index in [4.69, 9.17) is 28.3 Å². The number of anilines is 1. The molecule has 0 aromatic heterocycles. The summed E-state index contributed by atoms with van der Waals surface area (Å²) < 4.78 is 0. The van der Waals surface area contributed by atoms with Gasteiger partial charge in [0.05, 0.1) is 17.3 Å². The van der Waals surface area contributed by atoms with Crippen LogP contribution < -0.4 is 10.6 Å². The zero-order valence-electron chi connectivity index (χ0n) is 11.0. The molecular weight excluding hydrogens is 303 g/mol. The minimum atomic E-state index is -0.972. The van der Waals surface area contributed by atoms with Crippen LogP contribution in [-0.2, 0) is 9.59 Å². The first-order valence-corrected chi connectivity index (χ1v) is 6.90. The standard InChI is InChI=1S/C13H16Cl2N2O3/c1-2-3-10(13(19)20)16-7-12(18)17-11-6-8(14)4-5-9(11)15/h4-6,10,16H,2-3,7H2,1H3,(H,17,18)(H,19,20). The predicted molar refractivity (Wildman–Crippen MR) is 79.4 cm³/mol. The molecule has 0 aliphatic rings. The van der Waals surface area contributed by atoms with Gasteiger partial charge >= 0.3 is 5.97 Å². The zero-order valence-corrected chi connectivity index (χ0v) is 12.5. The van der Waals surface area contributed by atoms with Gasteiger partial charge in [-0.1, -0.05) is 36.5 Å². The average molecular weight is 319 g/mol. The minimum absolute atomic E-state index is 0.111. The molecule has 0 radical (unpaired) electrons. The summed E-state index contributed by atoms with van der Waals surface area (Å²) in [5.74, 6) is -1.35. The van der Waals surface area contributed by atoms with Crippen LogP contribution in [0.1, 0.15) is 19.8 Å². The third-order valence-electron chi connectivity index (χ3n) is 2.59. The molecule has 1 atom stereocenters. The lowest BCUT2D eigenvalue weighted by atomic mass is 10.2. The Hall–Kier alpha value is -1.30. The second-order valence-corrected chi connectivity index (χ2v) is 5.08. The monoisotopic (exact) mass is 318 g/mol. The third-order valence-corrected chi connectivity index (χ3v) is 3.15. The highest BCUT2D eigenvalue weighted by Gasteiger charge is 2.17. The molecular formula is C13H16Cl2N2O3. The van der Waals surface area contributed by atoms with Crippen molar-refractivity contribution in [1.29, 1.82) is 0 Å². The van der Waals surface area contributed by atoms with Crippen LogP contribution in [0.2, 0.25) is 10.0 Å². The largest absolute Gasteiger partial charge is 0.480 e. The fraction of sp³-hybridized carbons (Fsp3) is 0.385. The number of hydrogen-bond acceptors (Lipinski definition) is 3. The summed E-state index contributed by atoms with van der Waals surface area (Å²) in [6.45, 7) is 1.77. The maximum Gasteiger partial charge on any atom is 0.320 e. The molecule has 1 aromatic rings. The van der Waals surface area contributed by atoms with Gasteiger partial charge in [-0.15, -0.1) is 0 Å². The molecule has 1 amide bonds. The number of halogens is 2. The number of benzene rings is 1. The lowest BCUT2D eigenvalue weighted by Gasteiger charge is -2.13. The summed E-state index contributed by atoms with van der Waals surface area (Å²) in [4.78, 5) is 22.7. The minimum Gasteiger partial charge on any atom is -0.480 e. The zero-order chi connectivity index (χ0) is 15.1. The first-order chi connectivity index (χ1) is 9.43. The molecule has 0 bridgehead atoms. The normalized spacial score (nSPS) is 11.9. The van der Waals surface area contributed by atoms with Gasteiger partial charge in [-0.2, -0.15) is 0 Å². The molecule has 1 unspecified atom stereocenters. The molecule has 20 heavy (non-hydrogen) atoms. The molecule has 0 saturated carbocycles. The Labute approximate surface area is 127 Å². The maximum absolute atomic E-state index is 11.7. The Morgan fingerprint density at radius 3 is 2.65 bits per heavy atom. The van der Waals surface area contributed by atoms with Crippen LogP contribution in [0.25, 0.3) is 0 Å². The average Bonchev–Trinajstić information content (AvgIpc) is 2.38. The summed E-state index contributed by atoms with van der Waals surface area (Å²) >= 11 is 11.7. The Morgan fingerprint density at radius 2 is 2.05 bits per heavy atom. The van der Waals surface area contributed by atoms with Crippen molar-refractivity contribution < 1.29 is 14.7 Å². The van der Waals surface area contributed by atoms with E-state index in [2.05, 4.69) is 10.6 Å². The first kappa shape index (κ1) is 16.8. The highest BCUT2D eigenvalue weighted by molar-refractivity contribution is 6.35. The molecule has 0 aliphatic carbocycles. The van der Waals surface area contributed by atoms with Crippen molar-refractivity contribution in [3.05, 3.63) is 28.2 Å². The lowest BCUT2D eigenvalue weighted by molar-refractivity contribution is -0.139. The van der Waals surface area contributed by atoms with Gasteiger partial charge in [-0.3, -0.25) is 14.9 Å². The van der Waals surface area contributed by atoms with Gasteiger partial charge in [0, 0.05) is 5.02 Å². The van der Waals surface area contributed by atoms with Crippen LogP contribution in [0.5, 0.6) is 0 Å². The van der Waals surface area contributed by atoms with Crippen molar-refractivity contribution in [3.63, 3.8) is 0 Å². The molecule has 7 heteroatoms. The number of hydrogen-bond donors (Lipinski definition) is 3. The fourth-order valence-corrected chi connectivity index (χ4v) is 1.94. The van der Waals surface area contributed by atoms with Crippen molar-refractivity contribution in [3.8, 4) is 0 Å². The molecule has 0 spiro atoms. The van der Waals surface area contributed by atoms with E-state index >= 15 is 0 Å². The number of rotatable bonds is 7. The number of carboxylic acid groups (broad SMARTS) is 1. The van der Waals surface area contributed by atoms with Crippen molar-refractivity contribution >= 4 is 40.8 Å². The van der Waals surface area contributed by atoms with Crippen LogP contribution in [0.3, 0.4) is 0 Å². The first-order valence-electron chi connectivity index (χ1n) is 6.15. The number of carbonyl (C=O) groups is 2. The molecule has 0 aliphatic heterocycles. The molecule has 1 aromatic carbocycles. The predicted octanol–water partition coefficient (Wildman–Crippen LogP) is 2.77. The van der Waals surface area contributed by atoms with E-state index < -0.39 is 12.0 Å². The van der Waals surface area contributed by atoms with Crippen LogP contribution in [0.4, 0.5) is 5.69 Å². The molecule has 110 valence electrons. The molecule has 0 fully saturated rings. The van der Waals surface area contributed by atoms with Crippen LogP contribution in [0.15, 0.2) is 18.2 Å². The Balaban J connectivity index is 2.55. The number of carboxylic acids is 1. The van der Waals surface area contributed by atoms with Crippen LogP contribution in [-0.4, -0.2) is 29.6 Å². The highest BCUT2D eigenvalue weighted by Crippen LogP contribution is 2.25. The quantitative estimate of drug-likeness (QED) is 0.722. The molecule has 5 nitrogen and oxygen atoms in total. The fourth-order valence-electron chi connectivity index (χ4n) is 1.61. The van der Waals surface area contributed by atoms with Gasteiger partial charge in [-0.05, 0) is 24.6 Å². The number of amides is 1. The van der Waals surface area contributed by atoms with E-state index in [1.807, 2.05) is 6.92 Å². The summed E-state index contributed by atoms with van der Waals surface area (Å²) in [5, 5.41) is 15.0. The number of carbonyl (C=O) groups excluding carboxylic acids is 1. The lowest BCUT2D eigenvalue weighted by Crippen LogP contribution is -2.41. The number of nitrogens with one attached hydrogen (secondary N) is 2.